The molecule has 2 aromatic heterocycles. The third-order valence-electron chi connectivity index (χ3n) is 6.70. The number of pyridine rings is 1. The highest BCUT2D eigenvalue weighted by molar-refractivity contribution is 5.86. The summed E-state index contributed by atoms with van der Waals surface area (Å²) in [5.74, 6) is 1.77. The van der Waals surface area contributed by atoms with Crippen molar-refractivity contribution < 1.29 is 18.3 Å². The Morgan fingerprint density at radius 2 is 1.94 bits per heavy atom. The molecule has 34 heavy (non-hydrogen) atoms. The molecule has 2 heterocycles. The monoisotopic (exact) mass is 466 g/mol. The molecule has 0 aliphatic heterocycles. The van der Waals surface area contributed by atoms with Gasteiger partial charge in [-0.05, 0) is 73.7 Å². The number of hydrogen-bond acceptors (Lipinski definition) is 5. The molecule has 1 fully saturated rings. The Balaban J connectivity index is 1.56. The molecule has 1 aliphatic carbocycles. The van der Waals surface area contributed by atoms with Gasteiger partial charge in [0.25, 0.3) is 0 Å². The van der Waals surface area contributed by atoms with Crippen LogP contribution >= 0.6 is 0 Å². The fourth-order valence-electron chi connectivity index (χ4n) is 4.96. The highest BCUT2D eigenvalue weighted by Crippen LogP contribution is 2.34. The van der Waals surface area contributed by atoms with E-state index in [0.717, 1.165) is 63.8 Å². The number of aromatic amines is 1. The number of ether oxygens (including phenoxy) is 2. The Hall–Kier alpha value is -3.39. The maximum Gasteiger partial charge on any atom is 0.387 e. The Morgan fingerprint density at radius 1 is 1.12 bits per heavy atom. The summed E-state index contributed by atoms with van der Waals surface area (Å²) >= 11 is 0. The number of nitrogens with one attached hydrogen (secondary N) is 1. The summed E-state index contributed by atoms with van der Waals surface area (Å²) in [4.78, 5) is 10.5. The summed E-state index contributed by atoms with van der Waals surface area (Å²) in [6.45, 7) is -0.214. The first-order valence-corrected chi connectivity index (χ1v) is 11.4. The van der Waals surface area contributed by atoms with Crippen molar-refractivity contribution in [1.29, 1.82) is 0 Å². The zero-order valence-electron chi connectivity index (χ0n) is 19.2. The second-order valence-corrected chi connectivity index (χ2v) is 8.94. The zero-order valence-corrected chi connectivity index (χ0v) is 19.2. The fraction of sp³-hybridized carbons (Fsp3) is 0.346. The molecule has 8 heteroatoms. The lowest BCUT2D eigenvalue weighted by Gasteiger charge is -2.31. The number of aryl methyl sites for hydroxylation is 1. The second-order valence-electron chi connectivity index (χ2n) is 8.94. The van der Waals surface area contributed by atoms with Crippen molar-refractivity contribution in [2.75, 3.05) is 12.0 Å². The van der Waals surface area contributed by atoms with E-state index in [0.29, 0.717) is 6.54 Å². The summed E-state index contributed by atoms with van der Waals surface area (Å²) in [7, 11) is 1.65. The Kier molecular flexibility index (Phi) is 6.00. The van der Waals surface area contributed by atoms with Crippen LogP contribution < -0.4 is 20.1 Å². The number of hydrogen-bond donors (Lipinski definition) is 2. The van der Waals surface area contributed by atoms with E-state index in [2.05, 4.69) is 27.6 Å². The van der Waals surface area contributed by atoms with Crippen LogP contribution in [0.2, 0.25) is 0 Å². The first-order valence-electron chi connectivity index (χ1n) is 11.4. The number of nitrogens with zero attached hydrogens (tertiary/aromatic N) is 2. The summed E-state index contributed by atoms with van der Waals surface area (Å²) < 4.78 is 35.6. The number of anilines is 1. The van der Waals surface area contributed by atoms with Crippen molar-refractivity contribution in [3.8, 4) is 11.5 Å². The molecule has 1 saturated carbocycles. The molecule has 4 aromatic rings. The van der Waals surface area contributed by atoms with Gasteiger partial charge in [0.1, 0.15) is 17.3 Å². The van der Waals surface area contributed by atoms with Gasteiger partial charge in [-0.3, -0.25) is 0 Å². The van der Waals surface area contributed by atoms with Gasteiger partial charge in [-0.15, -0.1) is 0 Å². The first-order chi connectivity index (χ1) is 16.4. The molecule has 178 valence electrons. The molecule has 0 bridgehead atoms. The minimum atomic E-state index is -2.86. The van der Waals surface area contributed by atoms with E-state index in [1.165, 1.54) is 0 Å². The average molecular weight is 467 g/mol. The van der Waals surface area contributed by atoms with Crippen molar-refractivity contribution in [2.24, 2.45) is 5.73 Å². The molecule has 0 spiro atoms. The van der Waals surface area contributed by atoms with Gasteiger partial charge in [-0.1, -0.05) is 0 Å². The molecule has 1 aliphatic rings. The van der Waals surface area contributed by atoms with E-state index in [-0.39, 0.29) is 17.8 Å². The van der Waals surface area contributed by atoms with Gasteiger partial charge in [-0.25, -0.2) is 4.98 Å². The van der Waals surface area contributed by atoms with Crippen LogP contribution in [0.15, 0.2) is 48.7 Å². The smallest absolute Gasteiger partial charge is 0.387 e. The number of rotatable bonds is 7. The van der Waals surface area contributed by atoms with E-state index < -0.39 is 6.61 Å². The van der Waals surface area contributed by atoms with Gasteiger partial charge in [0, 0.05) is 47.2 Å². The van der Waals surface area contributed by atoms with Crippen LogP contribution in [0.3, 0.4) is 0 Å². The largest absolute Gasteiger partial charge is 0.497 e. The lowest BCUT2D eigenvalue weighted by atomic mass is 10.1. The van der Waals surface area contributed by atoms with Crippen LogP contribution in [0, 0.1) is 6.92 Å². The second kappa shape index (κ2) is 9.10. The van der Waals surface area contributed by atoms with Crippen molar-refractivity contribution >= 4 is 27.6 Å². The van der Waals surface area contributed by atoms with Crippen molar-refractivity contribution in [3.63, 3.8) is 0 Å². The highest BCUT2D eigenvalue weighted by Gasteiger charge is 2.29. The summed E-state index contributed by atoms with van der Waals surface area (Å²) in [5.41, 5.74) is 10.1. The number of benzene rings is 2. The fourth-order valence-corrected chi connectivity index (χ4v) is 4.96. The van der Waals surface area contributed by atoms with Gasteiger partial charge < -0.3 is 25.1 Å². The van der Waals surface area contributed by atoms with E-state index in [1.54, 1.807) is 25.3 Å². The number of H-pyrrole nitrogens is 1. The Labute approximate surface area is 196 Å². The number of nitrogens with two attached hydrogens (primary N) is 1. The van der Waals surface area contributed by atoms with E-state index in [4.69, 9.17) is 15.5 Å². The third-order valence-corrected chi connectivity index (χ3v) is 6.70. The van der Waals surface area contributed by atoms with Crippen molar-refractivity contribution in [1.82, 2.24) is 9.97 Å². The number of fused-ring (bicyclic) bond motifs is 2. The number of alkyl halides is 2. The quantitative estimate of drug-likeness (QED) is 0.375. The molecule has 2 aromatic carbocycles. The van der Waals surface area contributed by atoms with Gasteiger partial charge in [0.05, 0.1) is 12.6 Å². The van der Waals surface area contributed by atoms with Crippen LogP contribution in [-0.2, 0) is 6.54 Å². The lowest BCUT2D eigenvalue weighted by molar-refractivity contribution is -0.0497. The van der Waals surface area contributed by atoms with E-state index in [9.17, 15) is 8.78 Å². The van der Waals surface area contributed by atoms with Gasteiger partial charge in [-0.2, -0.15) is 8.78 Å². The predicted molar refractivity (Wildman–Crippen MR) is 130 cm³/mol. The summed E-state index contributed by atoms with van der Waals surface area (Å²) in [6.07, 6.45) is 4.73. The van der Waals surface area contributed by atoms with Crippen LogP contribution in [0.1, 0.15) is 30.4 Å². The molecule has 3 N–H and O–H groups in total. The topological polar surface area (TPSA) is 76.4 Å². The molecular formula is C26H28F2N4O2. The van der Waals surface area contributed by atoms with Gasteiger partial charge in [0.2, 0.25) is 0 Å². The molecular weight excluding hydrogens is 438 g/mol. The van der Waals surface area contributed by atoms with Crippen molar-refractivity contribution in [2.45, 2.75) is 51.4 Å². The van der Waals surface area contributed by atoms with Gasteiger partial charge >= 0.3 is 6.61 Å². The molecule has 0 unspecified atom stereocenters. The van der Waals surface area contributed by atoms with Crippen LogP contribution in [0.4, 0.5) is 14.6 Å². The maximum absolute atomic E-state index is 12.8. The first kappa shape index (κ1) is 22.4. The number of methoxy groups -OCH3 is 1. The average Bonchev–Trinajstić information content (AvgIpc) is 3.42. The van der Waals surface area contributed by atoms with E-state index >= 15 is 0 Å². The molecule has 2 atom stereocenters. The number of aromatic nitrogens is 2. The van der Waals surface area contributed by atoms with Crippen LogP contribution in [0.25, 0.3) is 21.8 Å². The number of halogens is 2. The molecule has 6 nitrogen and oxygen atoms in total. The normalized spacial score (nSPS) is 18.2. The molecule has 5 rings (SSSR count). The molecule has 0 saturated heterocycles. The van der Waals surface area contributed by atoms with Gasteiger partial charge in [0.15, 0.2) is 0 Å². The Bertz CT molecular complexity index is 1320. The zero-order chi connectivity index (χ0) is 23.8. The summed E-state index contributed by atoms with van der Waals surface area (Å²) in [6, 6.07) is 13.4. The summed E-state index contributed by atoms with van der Waals surface area (Å²) in [5, 5.41) is 1.93. The highest BCUT2D eigenvalue weighted by atomic mass is 19.3. The van der Waals surface area contributed by atoms with Crippen LogP contribution in [-0.4, -0.2) is 35.8 Å². The lowest BCUT2D eigenvalue weighted by Crippen LogP contribution is -2.35. The minimum absolute atomic E-state index is 0.143. The SMILES string of the molecule is COc1ccc2c(C)cc(N(Cc3c[nH]c4ccc(OC(F)F)cc34)[C@H]3CC[C@H](N)C3)nc2c1. The predicted octanol–water partition coefficient (Wildman–Crippen LogP) is 5.52. The standard InChI is InChI=1S/C26H28F2N4O2/c1-15-9-25(31-24-12-19(33-2)5-7-21(15)24)32(18-4-3-17(29)10-18)14-16-13-30-23-8-6-20(11-22(16)23)34-26(27)28/h5-9,11-13,17-18,26,30H,3-4,10,14,29H2,1-2H3/t17-,18-/m0/s1. The molecule has 0 radical (unpaired) electrons. The third kappa shape index (κ3) is 4.37. The van der Waals surface area contributed by atoms with E-state index in [1.807, 2.05) is 24.4 Å². The minimum Gasteiger partial charge on any atom is -0.497 e. The Morgan fingerprint density at radius 3 is 2.68 bits per heavy atom. The maximum atomic E-state index is 12.8. The molecule has 0 amide bonds. The van der Waals surface area contributed by atoms with Crippen molar-refractivity contribution in [3.05, 3.63) is 59.8 Å². The van der Waals surface area contributed by atoms with Crippen LogP contribution in [0.5, 0.6) is 11.5 Å².